The van der Waals surface area contributed by atoms with Crippen LogP contribution in [-0.2, 0) is 6.42 Å². The normalized spacial score (nSPS) is 14.7. The molecular weight excluding hydrogens is 320 g/mol. The molecule has 0 bridgehead atoms. The molecule has 3 nitrogen and oxygen atoms in total. The van der Waals surface area contributed by atoms with Crippen LogP contribution in [-0.4, -0.2) is 12.8 Å². The third-order valence-electron chi connectivity index (χ3n) is 4.71. The number of ether oxygens (including phenoxy) is 1. The molecule has 0 atom stereocenters. The average molecular weight is 342 g/mol. The first-order valence-corrected chi connectivity index (χ1v) is 9.00. The quantitative estimate of drug-likeness (QED) is 0.579. The molecule has 3 aromatic carbocycles. The fraction of sp³-hybridized carbons (Fsp3) is 0.174. The predicted molar refractivity (Wildman–Crippen MR) is 107 cm³/mol. The number of hydrogen-bond acceptors (Lipinski definition) is 3. The number of rotatable bonds is 4. The molecule has 3 aromatic rings. The highest BCUT2D eigenvalue weighted by molar-refractivity contribution is 6.03. The predicted octanol–water partition coefficient (Wildman–Crippen LogP) is 5.57. The van der Waals surface area contributed by atoms with Crippen LogP contribution >= 0.6 is 0 Å². The Hall–Kier alpha value is -3.07. The van der Waals surface area contributed by atoms with Crippen molar-refractivity contribution in [3.8, 4) is 5.75 Å². The summed E-state index contributed by atoms with van der Waals surface area (Å²) in [7, 11) is 1.71. The molecule has 0 N–H and O–H groups in total. The number of hydrazone groups is 1. The van der Waals surface area contributed by atoms with Gasteiger partial charge in [0.15, 0.2) is 0 Å². The van der Waals surface area contributed by atoms with Crippen molar-refractivity contribution < 1.29 is 4.74 Å². The van der Waals surface area contributed by atoms with E-state index in [1.807, 2.05) is 47.5 Å². The molecule has 0 amide bonds. The van der Waals surface area contributed by atoms with Gasteiger partial charge in [-0.2, -0.15) is 5.10 Å². The summed E-state index contributed by atoms with van der Waals surface area (Å²) in [5, 5.41) is 7.12. The Bertz CT molecular complexity index is 865. The number of hydrogen-bond donors (Lipinski definition) is 0. The molecule has 0 saturated heterocycles. The van der Waals surface area contributed by atoms with Gasteiger partial charge >= 0.3 is 0 Å². The van der Waals surface area contributed by atoms with Crippen LogP contribution in [0.5, 0.6) is 5.75 Å². The summed E-state index contributed by atoms with van der Waals surface area (Å²) in [6, 6.07) is 26.9. The number of methoxy groups -OCH3 is 1. The molecule has 0 saturated carbocycles. The molecule has 0 aliphatic heterocycles. The molecule has 0 unspecified atom stereocenters. The van der Waals surface area contributed by atoms with Gasteiger partial charge < -0.3 is 4.74 Å². The second-order valence-corrected chi connectivity index (χ2v) is 6.41. The van der Waals surface area contributed by atoms with Crippen LogP contribution in [0.25, 0.3) is 0 Å². The van der Waals surface area contributed by atoms with Gasteiger partial charge in [-0.25, -0.2) is 5.01 Å². The van der Waals surface area contributed by atoms with E-state index in [0.717, 1.165) is 42.1 Å². The van der Waals surface area contributed by atoms with Crippen molar-refractivity contribution in [1.29, 1.82) is 0 Å². The molecule has 130 valence electrons. The second kappa shape index (κ2) is 7.44. The number of fused-ring (bicyclic) bond motifs is 1. The first-order valence-electron chi connectivity index (χ1n) is 9.00. The Morgan fingerprint density at radius 3 is 2.08 bits per heavy atom. The zero-order chi connectivity index (χ0) is 17.8. The van der Waals surface area contributed by atoms with E-state index in [1.54, 1.807) is 7.11 Å². The molecule has 0 aromatic heterocycles. The third-order valence-corrected chi connectivity index (χ3v) is 4.71. The topological polar surface area (TPSA) is 24.8 Å². The third kappa shape index (κ3) is 3.33. The minimum atomic E-state index is 0.910. The number of para-hydroxylation sites is 2. The second-order valence-electron chi connectivity index (χ2n) is 6.41. The highest BCUT2D eigenvalue weighted by Gasteiger charge is 2.18. The lowest BCUT2D eigenvalue weighted by Crippen LogP contribution is -2.18. The highest BCUT2D eigenvalue weighted by atomic mass is 16.5. The average Bonchev–Trinajstić information content (AvgIpc) is 2.73. The molecule has 4 rings (SSSR count). The SMILES string of the molecule is COc1ccc2c(c1)CCCC2=NN(c1ccccc1)c1ccccc1. The maximum atomic E-state index is 5.38. The Kier molecular flexibility index (Phi) is 4.69. The molecule has 1 aliphatic carbocycles. The van der Waals surface area contributed by atoms with E-state index in [-0.39, 0.29) is 0 Å². The van der Waals surface area contributed by atoms with E-state index in [1.165, 1.54) is 11.1 Å². The van der Waals surface area contributed by atoms with E-state index < -0.39 is 0 Å². The van der Waals surface area contributed by atoms with E-state index in [4.69, 9.17) is 9.84 Å². The maximum Gasteiger partial charge on any atom is 0.119 e. The van der Waals surface area contributed by atoms with E-state index in [9.17, 15) is 0 Å². The summed E-state index contributed by atoms with van der Waals surface area (Å²) in [6.45, 7) is 0. The van der Waals surface area contributed by atoms with Crippen molar-refractivity contribution in [3.05, 3.63) is 90.0 Å². The van der Waals surface area contributed by atoms with E-state index in [0.29, 0.717) is 0 Å². The Balaban J connectivity index is 1.79. The first kappa shape index (κ1) is 16.4. The fourth-order valence-corrected chi connectivity index (χ4v) is 3.39. The number of nitrogens with zero attached hydrogens (tertiary/aromatic N) is 2. The minimum Gasteiger partial charge on any atom is -0.497 e. The van der Waals surface area contributed by atoms with Gasteiger partial charge in [-0.3, -0.25) is 0 Å². The fourth-order valence-electron chi connectivity index (χ4n) is 3.39. The zero-order valence-electron chi connectivity index (χ0n) is 14.9. The van der Waals surface area contributed by atoms with Crippen molar-refractivity contribution in [2.24, 2.45) is 5.10 Å². The van der Waals surface area contributed by atoms with Crippen LogP contribution in [0.15, 0.2) is 84.0 Å². The van der Waals surface area contributed by atoms with E-state index >= 15 is 0 Å². The number of anilines is 2. The summed E-state index contributed by atoms with van der Waals surface area (Å²) in [4.78, 5) is 0. The largest absolute Gasteiger partial charge is 0.497 e. The summed E-state index contributed by atoms with van der Waals surface area (Å²) in [5.41, 5.74) is 5.80. The zero-order valence-corrected chi connectivity index (χ0v) is 14.9. The molecule has 1 aliphatic rings. The van der Waals surface area contributed by atoms with Crippen LogP contribution in [0.4, 0.5) is 11.4 Å². The summed E-state index contributed by atoms with van der Waals surface area (Å²) < 4.78 is 5.38. The van der Waals surface area contributed by atoms with Crippen LogP contribution in [0.2, 0.25) is 0 Å². The Morgan fingerprint density at radius 1 is 0.808 bits per heavy atom. The summed E-state index contributed by atoms with van der Waals surface area (Å²) in [5.74, 6) is 0.910. The van der Waals surface area contributed by atoms with Crippen molar-refractivity contribution in [1.82, 2.24) is 0 Å². The lowest BCUT2D eigenvalue weighted by Gasteiger charge is -2.24. The van der Waals surface area contributed by atoms with Gasteiger partial charge in [0, 0.05) is 5.56 Å². The monoisotopic (exact) mass is 342 g/mol. The van der Waals surface area contributed by atoms with Gasteiger partial charge in [0.25, 0.3) is 0 Å². The van der Waals surface area contributed by atoms with Crippen molar-refractivity contribution in [3.63, 3.8) is 0 Å². The molecule has 0 radical (unpaired) electrons. The highest BCUT2D eigenvalue weighted by Crippen LogP contribution is 2.30. The standard InChI is InChI=1S/C23H22N2O/c1-26-21-15-16-22-18(17-21)9-8-14-23(22)24-25(19-10-4-2-5-11-19)20-12-6-3-7-13-20/h2-7,10-13,15-17H,8-9,14H2,1H3. The number of benzene rings is 3. The van der Waals surface area contributed by atoms with Gasteiger partial charge in [-0.1, -0.05) is 36.4 Å². The smallest absolute Gasteiger partial charge is 0.119 e. The molecule has 26 heavy (non-hydrogen) atoms. The van der Waals surface area contributed by atoms with Crippen molar-refractivity contribution in [2.45, 2.75) is 19.3 Å². The molecule has 0 heterocycles. The van der Waals surface area contributed by atoms with Crippen LogP contribution in [0.1, 0.15) is 24.0 Å². The lowest BCUT2D eigenvalue weighted by molar-refractivity contribution is 0.414. The van der Waals surface area contributed by atoms with Gasteiger partial charge in [0.2, 0.25) is 0 Å². The first-order chi connectivity index (χ1) is 12.8. The van der Waals surface area contributed by atoms with E-state index in [2.05, 4.69) is 36.4 Å². The van der Waals surface area contributed by atoms with Crippen LogP contribution in [0, 0.1) is 0 Å². The molecule has 0 fully saturated rings. The Labute approximate surface area is 154 Å². The maximum absolute atomic E-state index is 5.38. The van der Waals surface area contributed by atoms with Crippen molar-refractivity contribution in [2.75, 3.05) is 12.1 Å². The van der Waals surface area contributed by atoms with Gasteiger partial charge in [0.05, 0.1) is 24.2 Å². The number of aryl methyl sites for hydroxylation is 1. The van der Waals surface area contributed by atoms with Gasteiger partial charge in [-0.15, -0.1) is 0 Å². The van der Waals surface area contributed by atoms with Crippen LogP contribution in [0.3, 0.4) is 0 Å². The van der Waals surface area contributed by atoms with Crippen LogP contribution < -0.4 is 9.75 Å². The Morgan fingerprint density at radius 2 is 1.46 bits per heavy atom. The molecule has 0 spiro atoms. The summed E-state index contributed by atoms with van der Waals surface area (Å²) >= 11 is 0. The van der Waals surface area contributed by atoms with Crippen molar-refractivity contribution >= 4 is 17.1 Å². The lowest BCUT2D eigenvalue weighted by atomic mass is 9.90. The molecular formula is C23H22N2O. The molecule has 3 heteroatoms. The summed E-state index contributed by atoms with van der Waals surface area (Å²) in [6.07, 6.45) is 3.16. The van der Waals surface area contributed by atoms with Gasteiger partial charge in [-0.05, 0) is 67.3 Å². The van der Waals surface area contributed by atoms with Gasteiger partial charge in [0.1, 0.15) is 5.75 Å². The minimum absolute atomic E-state index is 0.910.